The number of carbonyl (C=O) groups excluding carboxylic acids is 4. The molecule has 6 rings (SSSR count). The van der Waals surface area contributed by atoms with Crippen molar-refractivity contribution in [3.8, 4) is 23.0 Å². The summed E-state index contributed by atoms with van der Waals surface area (Å²) in [4.78, 5) is 44.4. The second-order valence-corrected chi connectivity index (χ2v) is 24.7. The van der Waals surface area contributed by atoms with Gasteiger partial charge in [0.15, 0.2) is 8.32 Å². The molecule has 414 valence electrons. The number of nitrogens with one attached hydrogen (secondary N) is 2. The predicted octanol–water partition coefficient (Wildman–Crippen LogP) is 12.1. The van der Waals surface area contributed by atoms with Crippen LogP contribution in [0.5, 0.6) is 23.0 Å². The summed E-state index contributed by atoms with van der Waals surface area (Å²) in [6.45, 7) is 19.8. The van der Waals surface area contributed by atoms with Crippen molar-refractivity contribution >= 4 is 55.9 Å². The first kappa shape index (κ1) is 64.6. The Morgan fingerprint density at radius 1 is 0.675 bits per heavy atom. The number of nitrogens with two attached hydrogens (primary N) is 1. The van der Waals surface area contributed by atoms with E-state index in [9.17, 15) is 33.1 Å². The summed E-state index contributed by atoms with van der Waals surface area (Å²) in [5.74, 6) is 6.15. The molecule has 0 saturated carbocycles. The molecule has 0 bridgehead atoms. The average Bonchev–Trinajstić information content (AvgIpc) is 3.39. The van der Waals surface area contributed by atoms with E-state index in [4.69, 9.17) is 52.4 Å². The lowest BCUT2D eigenvalue weighted by atomic mass is 10.2. The quantitative estimate of drug-likeness (QED) is 0.0176. The third-order valence-corrected chi connectivity index (χ3v) is 16.2. The van der Waals surface area contributed by atoms with Crippen LogP contribution in [0.3, 0.4) is 0 Å². The van der Waals surface area contributed by atoms with E-state index in [1.807, 2.05) is 57.4 Å². The summed E-state index contributed by atoms with van der Waals surface area (Å²) in [5, 5.41) is 12.0. The molecule has 0 radical (unpaired) electrons. The number of benzene rings is 6. The lowest BCUT2D eigenvalue weighted by Gasteiger charge is -2.35. The Labute approximate surface area is 461 Å². The molecule has 6 aromatic rings. The zero-order valence-electron chi connectivity index (χ0n) is 44.9. The maximum atomic E-state index is 13.0. The first-order chi connectivity index (χ1) is 36.5. The highest BCUT2D eigenvalue weighted by Gasteiger charge is 2.36. The molecule has 14 nitrogen and oxygen atoms in total. The van der Waals surface area contributed by atoms with Crippen molar-refractivity contribution in [3.05, 3.63) is 189 Å². The van der Waals surface area contributed by atoms with E-state index in [1.54, 1.807) is 83.9 Å². The van der Waals surface area contributed by atoms with Crippen molar-refractivity contribution in [1.29, 1.82) is 0 Å². The molecule has 0 atom stereocenters. The Morgan fingerprint density at radius 3 is 1.48 bits per heavy atom. The largest absolute Gasteiger partial charge is 0.489 e. The van der Waals surface area contributed by atoms with Gasteiger partial charge in [-0.25, -0.2) is 19.6 Å². The van der Waals surface area contributed by atoms with Gasteiger partial charge in [-0.3, -0.25) is 25.2 Å². The van der Waals surface area contributed by atoms with Gasteiger partial charge < -0.3 is 33.3 Å². The van der Waals surface area contributed by atoms with E-state index in [-0.39, 0.29) is 60.5 Å². The van der Waals surface area contributed by atoms with Gasteiger partial charge >= 0.3 is 0 Å². The highest BCUT2D eigenvalue weighted by molar-refractivity contribution is 6.74. The molecule has 77 heavy (non-hydrogen) atoms. The van der Waals surface area contributed by atoms with Crippen LogP contribution in [0.2, 0.25) is 28.2 Å². The SMILES string of the molecule is CC(C)(C)[Si](C)(C)OCC=O.CC(C)Oc1ccc(C(=O)NN(CCO)Cc2ccc(OCc3ccc(F)cc3)cc2)cc1Cl.CC(C)Oc1ccc(C(=O)NN)cc1Cl.O=Cc1ccc(OCc2ccc(F)cc2)cc1. The van der Waals surface area contributed by atoms with Gasteiger partial charge in [0.1, 0.15) is 60.4 Å². The van der Waals surface area contributed by atoms with Crippen LogP contribution in [-0.4, -0.2) is 74.8 Å². The smallest absolute Gasteiger partial charge is 0.265 e. The summed E-state index contributed by atoms with van der Waals surface area (Å²) in [6.07, 6.45) is 1.61. The zero-order valence-corrected chi connectivity index (χ0v) is 47.4. The second kappa shape index (κ2) is 32.8. The van der Waals surface area contributed by atoms with Crippen LogP contribution in [0.15, 0.2) is 133 Å². The molecular weight excluding hydrogens is 1050 g/mol. The van der Waals surface area contributed by atoms with Crippen molar-refractivity contribution in [1.82, 2.24) is 15.9 Å². The molecule has 0 spiro atoms. The fourth-order valence-electron chi connectivity index (χ4n) is 6.08. The number of aliphatic hydroxyl groups is 1. The number of nitrogens with zero attached hydrogens (tertiary/aromatic N) is 1. The molecule has 0 aliphatic heterocycles. The molecular formula is C58H70Cl2F2N4O10Si. The Balaban J connectivity index is 0.000000302. The van der Waals surface area contributed by atoms with Crippen molar-refractivity contribution < 1.29 is 56.4 Å². The van der Waals surface area contributed by atoms with Crippen LogP contribution in [-0.2, 0) is 29.0 Å². The summed E-state index contributed by atoms with van der Waals surface area (Å²) in [6, 6.07) is 36.2. The fourth-order valence-corrected chi connectivity index (χ4v) is 7.45. The molecule has 0 saturated heterocycles. The van der Waals surface area contributed by atoms with Crippen LogP contribution in [0, 0.1) is 11.6 Å². The number of hydrogen-bond donors (Lipinski definition) is 4. The number of hydrazine groups is 2. The lowest BCUT2D eigenvalue weighted by Crippen LogP contribution is -2.43. The molecule has 5 N–H and O–H groups in total. The number of carbonyl (C=O) groups is 4. The van der Waals surface area contributed by atoms with Gasteiger partial charge in [0.2, 0.25) is 0 Å². The maximum absolute atomic E-state index is 13.0. The maximum Gasteiger partial charge on any atom is 0.265 e. The Hall–Kier alpha value is -6.70. The number of amides is 2. The number of aliphatic hydroxyl groups excluding tert-OH is 1. The van der Waals surface area contributed by atoms with Crippen molar-refractivity contribution in [3.63, 3.8) is 0 Å². The topological polar surface area (TPSA) is 188 Å². The van der Waals surface area contributed by atoms with E-state index < -0.39 is 8.32 Å². The van der Waals surface area contributed by atoms with E-state index in [2.05, 4.69) is 39.3 Å². The van der Waals surface area contributed by atoms with Gasteiger partial charge in [-0.2, -0.15) is 0 Å². The standard InChI is InChI=1S/C26H28ClFN2O4.C14H11FO2.C10H13ClN2O2.C8H18O2Si/c1-18(2)34-25-12-7-21(15-24(25)27)26(32)29-30(13-14-31)16-19-5-10-23(11-6-19)33-17-20-3-8-22(28)9-4-20;15-13-5-1-12(2-6-13)10-17-14-7-3-11(9-16)4-8-14;1-6(2)15-9-4-3-7(5-8(9)11)10(14)13-12;1-8(2,3)11(4,5)10-7-6-9/h3-12,15,18,31H,13-14,16-17H2,1-2H3,(H,29,32);1-9H,10H2;3-6H,12H2,1-2H3,(H,13,14);6H,7H2,1-5H3. The van der Waals surface area contributed by atoms with E-state index in [0.717, 1.165) is 29.3 Å². The summed E-state index contributed by atoms with van der Waals surface area (Å²) in [5.41, 5.74) is 8.91. The predicted molar refractivity (Wildman–Crippen MR) is 300 cm³/mol. The van der Waals surface area contributed by atoms with Crippen molar-refractivity contribution in [2.75, 3.05) is 19.8 Å². The van der Waals surface area contributed by atoms with Crippen LogP contribution in [0.25, 0.3) is 0 Å². The number of hydrogen-bond acceptors (Lipinski definition) is 12. The van der Waals surface area contributed by atoms with Crippen LogP contribution < -0.4 is 35.6 Å². The summed E-state index contributed by atoms with van der Waals surface area (Å²) >= 11 is 12.2. The van der Waals surface area contributed by atoms with Crippen molar-refractivity contribution in [2.24, 2.45) is 5.84 Å². The number of rotatable bonds is 21. The van der Waals surface area contributed by atoms with Gasteiger partial charge in [0.05, 0.1) is 35.5 Å². The lowest BCUT2D eigenvalue weighted by molar-refractivity contribution is -0.109. The molecule has 0 fully saturated rings. The summed E-state index contributed by atoms with van der Waals surface area (Å²) < 4.78 is 53.4. The minimum absolute atomic E-state index is 0.0306. The van der Waals surface area contributed by atoms with Crippen LogP contribution in [0.1, 0.15) is 96.2 Å². The molecule has 0 heterocycles. The van der Waals surface area contributed by atoms with Gasteiger partial charge in [-0.1, -0.05) is 80.4 Å². The molecule has 0 aromatic heterocycles. The highest BCUT2D eigenvalue weighted by atomic mass is 35.5. The van der Waals surface area contributed by atoms with Gasteiger partial charge in [-0.15, -0.1) is 0 Å². The molecule has 0 aliphatic rings. The number of halogens is 4. The normalized spacial score (nSPS) is 10.9. The highest BCUT2D eigenvalue weighted by Crippen LogP contribution is 2.36. The Morgan fingerprint density at radius 2 is 1.10 bits per heavy atom. The van der Waals surface area contributed by atoms with E-state index >= 15 is 0 Å². The van der Waals surface area contributed by atoms with Crippen molar-refractivity contribution in [2.45, 2.75) is 98.6 Å². The Bertz CT molecular complexity index is 2750. The Kier molecular flexibility index (Phi) is 27.5. The monoisotopic (exact) mass is 1120 g/mol. The third kappa shape index (κ3) is 24.0. The minimum Gasteiger partial charge on any atom is -0.489 e. The summed E-state index contributed by atoms with van der Waals surface area (Å²) in [7, 11) is -1.66. The van der Waals surface area contributed by atoms with Gasteiger partial charge in [-0.05, 0) is 160 Å². The minimum atomic E-state index is -1.66. The number of nitrogen functional groups attached to an aromatic ring is 1. The number of aldehydes is 2. The van der Waals surface area contributed by atoms with Crippen LogP contribution >= 0.6 is 23.2 Å². The van der Waals surface area contributed by atoms with Gasteiger partial charge in [0.25, 0.3) is 11.8 Å². The molecule has 19 heteroatoms. The molecule has 0 unspecified atom stereocenters. The fraction of sp³-hybridized carbons (Fsp3) is 0.310. The molecule has 2 amide bonds. The first-order valence-electron chi connectivity index (χ1n) is 24.5. The second-order valence-electron chi connectivity index (χ2n) is 19.1. The molecule has 0 aliphatic carbocycles. The zero-order chi connectivity index (χ0) is 57.1. The van der Waals surface area contributed by atoms with E-state index in [1.165, 1.54) is 30.3 Å². The number of ether oxygens (including phenoxy) is 4. The third-order valence-electron chi connectivity index (χ3n) is 11.1. The molecule has 6 aromatic carbocycles. The average molecular weight is 1120 g/mol. The van der Waals surface area contributed by atoms with Crippen LogP contribution in [0.4, 0.5) is 8.78 Å². The van der Waals surface area contributed by atoms with Gasteiger partial charge in [0, 0.05) is 29.8 Å². The van der Waals surface area contributed by atoms with E-state index in [0.29, 0.717) is 69.5 Å². The first-order valence-corrected chi connectivity index (χ1v) is 28.2.